The second-order valence-electron chi connectivity index (χ2n) is 4.54. The molecule has 3 aromatic rings. The fourth-order valence-electron chi connectivity index (χ4n) is 2.08. The van der Waals surface area contributed by atoms with E-state index in [0.717, 1.165) is 12.3 Å². The maximum atomic E-state index is 12.5. The second kappa shape index (κ2) is 4.73. The average molecular weight is 290 g/mol. The molecule has 21 heavy (non-hydrogen) atoms. The van der Waals surface area contributed by atoms with Crippen molar-refractivity contribution in [2.45, 2.75) is 6.18 Å². The third kappa shape index (κ3) is 2.52. The van der Waals surface area contributed by atoms with Gasteiger partial charge in [-0.2, -0.15) is 13.2 Å². The molecule has 0 atom stereocenters. The van der Waals surface area contributed by atoms with Crippen LogP contribution in [-0.4, -0.2) is 9.97 Å². The number of H-pyrrole nitrogens is 1. The molecule has 0 fully saturated rings. The van der Waals surface area contributed by atoms with E-state index in [1.165, 1.54) is 12.3 Å². The summed E-state index contributed by atoms with van der Waals surface area (Å²) >= 11 is 0. The predicted molar refractivity (Wildman–Crippen MR) is 72.8 cm³/mol. The first kappa shape index (κ1) is 13.4. The summed E-state index contributed by atoms with van der Waals surface area (Å²) in [7, 11) is 0. The van der Waals surface area contributed by atoms with Crippen LogP contribution >= 0.6 is 0 Å². The lowest BCUT2D eigenvalue weighted by Gasteiger charge is -2.07. The Kier molecular flexibility index (Phi) is 3.01. The lowest BCUT2D eigenvalue weighted by Crippen LogP contribution is -2.05. The lowest BCUT2D eigenvalue weighted by molar-refractivity contribution is -0.137. The van der Waals surface area contributed by atoms with Crippen LogP contribution in [0.1, 0.15) is 5.56 Å². The van der Waals surface area contributed by atoms with Crippen LogP contribution in [-0.2, 0) is 6.18 Å². The number of nitrogens with zero attached hydrogens (tertiary/aromatic N) is 1. The molecule has 0 aliphatic carbocycles. The van der Waals surface area contributed by atoms with E-state index >= 15 is 0 Å². The van der Waals surface area contributed by atoms with Crippen LogP contribution in [0.25, 0.3) is 22.0 Å². The molecule has 0 saturated heterocycles. The molecule has 0 amide bonds. The van der Waals surface area contributed by atoms with E-state index < -0.39 is 11.7 Å². The summed E-state index contributed by atoms with van der Waals surface area (Å²) in [6.45, 7) is 0. The van der Waals surface area contributed by atoms with E-state index in [1.54, 1.807) is 24.3 Å². The van der Waals surface area contributed by atoms with Crippen molar-refractivity contribution < 1.29 is 13.2 Å². The number of alkyl halides is 3. The Balaban J connectivity index is 2.06. The van der Waals surface area contributed by atoms with Gasteiger partial charge in [-0.15, -0.1) is 0 Å². The molecule has 0 unspecified atom stereocenters. The minimum Gasteiger partial charge on any atom is -0.329 e. The van der Waals surface area contributed by atoms with E-state index in [1.807, 2.05) is 0 Å². The number of benzene rings is 1. The maximum Gasteiger partial charge on any atom is 0.417 e. The number of nitrogens with one attached hydrogen (secondary N) is 1. The monoisotopic (exact) mass is 290 g/mol. The summed E-state index contributed by atoms with van der Waals surface area (Å²) < 4.78 is 37.5. The van der Waals surface area contributed by atoms with Crippen molar-refractivity contribution in [3.8, 4) is 11.3 Å². The SMILES string of the molecule is O=c1[nH]ccc2cc(-c3ccc(C(F)(F)F)cn3)ccc12. The van der Waals surface area contributed by atoms with Gasteiger partial charge in [0.05, 0.1) is 11.3 Å². The summed E-state index contributed by atoms with van der Waals surface area (Å²) in [5.74, 6) is 0. The Labute approximate surface area is 117 Å². The molecule has 0 aliphatic rings. The fourth-order valence-corrected chi connectivity index (χ4v) is 2.08. The molecule has 2 heterocycles. The van der Waals surface area contributed by atoms with E-state index in [-0.39, 0.29) is 5.56 Å². The van der Waals surface area contributed by atoms with Gasteiger partial charge in [0.1, 0.15) is 0 Å². The molecule has 3 rings (SSSR count). The van der Waals surface area contributed by atoms with Gasteiger partial charge in [0.25, 0.3) is 5.56 Å². The molecule has 0 radical (unpaired) electrons. The molecule has 1 aromatic carbocycles. The Morgan fingerprint density at radius 3 is 2.52 bits per heavy atom. The molecule has 0 spiro atoms. The molecular weight excluding hydrogens is 281 g/mol. The fraction of sp³-hybridized carbons (Fsp3) is 0.0667. The van der Waals surface area contributed by atoms with Crippen LogP contribution < -0.4 is 5.56 Å². The zero-order valence-corrected chi connectivity index (χ0v) is 10.6. The van der Waals surface area contributed by atoms with Crippen molar-refractivity contribution in [3.63, 3.8) is 0 Å². The van der Waals surface area contributed by atoms with E-state index in [2.05, 4.69) is 9.97 Å². The van der Waals surface area contributed by atoms with Gasteiger partial charge in [-0.3, -0.25) is 9.78 Å². The number of fused-ring (bicyclic) bond motifs is 1. The van der Waals surface area contributed by atoms with Gasteiger partial charge < -0.3 is 4.98 Å². The normalized spacial score (nSPS) is 11.8. The average Bonchev–Trinajstić information content (AvgIpc) is 2.46. The van der Waals surface area contributed by atoms with E-state index in [0.29, 0.717) is 22.0 Å². The highest BCUT2D eigenvalue weighted by Gasteiger charge is 2.30. The summed E-state index contributed by atoms with van der Waals surface area (Å²) in [6, 6.07) is 9.04. The number of hydrogen-bond acceptors (Lipinski definition) is 2. The minimum atomic E-state index is -4.40. The van der Waals surface area contributed by atoms with Gasteiger partial charge >= 0.3 is 6.18 Å². The molecule has 106 valence electrons. The summed E-state index contributed by atoms with van der Waals surface area (Å²) in [5, 5.41) is 1.23. The molecular formula is C15H9F3N2O. The Hall–Kier alpha value is -2.63. The molecule has 0 saturated carbocycles. The quantitative estimate of drug-likeness (QED) is 0.744. The number of hydrogen-bond donors (Lipinski definition) is 1. The molecule has 1 N–H and O–H groups in total. The standard InChI is InChI=1S/C15H9F3N2O/c16-15(17,18)11-2-4-13(20-8-11)10-1-3-12-9(7-10)5-6-19-14(12)21/h1-8H,(H,19,21). The van der Waals surface area contributed by atoms with Crippen LogP contribution in [0.15, 0.2) is 53.6 Å². The van der Waals surface area contributed by atoms with Crippen LogP contribution in [0.4, 0.5) is 13.2 Å². The van der Waals surface area contributed by atoms with Gasteiger partial charge in [0.15, 0.2) is 0 Å². The smallest absolute Gasteiger partial charge is 0.329 e. The van der Waals surface area contributed by atoms with Crippen molar-refractivity contribution in [3.05, 3.63) is 64.7 Å². The van der Waals surface area contributed by atoms with Crippen molar-refractivity contribution in [2.75, 3.05) is 0 Å². The second-order valence-corrected chi connectivity index (χ2v) is 4.54. The number of aromatic amines is 1. The van der Waals surface area contributed by atoms with Crippen LogP contribution in [0.5, 0.6) is 0 Å². The van der Waals surface area contributed by atoms with Gasteiger partial charge in [-0.05, 0) is 35.7 Å². The highest BCUT2D eigenvalue weighted by Crippen LogP contribution is 2.30. The lowest BCUT2D eigenvalue weighted by atomic mass is 10.1. The number of pyridine rings is 2. The topological polar surface area (TPSA) is 45.8 Å². The Bertz CT molecular complexity index is 851. The Morgan fingerprint density at radius 2 is 1.86 bits per heavy atom. The van der Waals surface area contributed by atoms with Gasteiger partial charge in [-0.1, -0.05) is 6.07 Å². The first-order chi connectivity index (χ1) is 9.95. The van der Waals surface area contributed by atoms with E-state index in [4.69, 9.17) is 0 Å². The summed E-state index contributed by atoms with van der Waals surface area (Å²) in [5.41, 5.74) is 0.0786. The van der Waals surface area contributed by atoms with Crippen molar-refractivity contribution in [1.29, 1.82) is 0 Å². The zero-order chi connectivity index (χ0) is 15.0. The minimum absolute atomic E-state index is 0.209. The van der Waals surface area contributed by atoms with Crippen molar-refractivity contribution >= 4 is 10.8 Å². The zero-order valence-electron chi connectivity index (χ0n) is 10.6. The third-order valence-corrected chi connectivity index (χ3v) is 3.16. The van der Waals surface area contributed by atoms with Crippen molar-refractivity contribution in [2.24, 2.45) is 0 Å². The first-order valence-corrected chi connectivity index (χ1v) is 6.10. The summed E-state index contributed by atoms with van der Waals surface area (Å²) in [4.78, 5) is 18.0. The van der Waals surface area contributed by atoms with Crippen LogP contribution in [0.3, 0.4) is 0 Å². The van der Waals surface area contributed by atoms with Gasteiger partial charge in [0, 0.05) is 23.3 Å². The maximum absolute atomic E-state index is 12.5. The Morgan fingerprint density at radius 1 is 1.05 bits per heavy atom. The van der Waals surface area contributed by atoms with Crippen LogP contribution in [0, 0.1) is 0 Å². The number of rotatable bonds is 1. The molecule has 2 aromatic heterocycles. The number of halogens is 3. The van der Waals surface area contributed by atoms with Crippen molar-refractivity contribution in [1.82, 2.24) is 9.97 Å². The van der Waals surface area contributed by atoms with Gasteiger partial charge in [-0.25, -0.2) is 0 Å². The largest absolute Gasteiger partial charge is 0.417 e. The molecule has 3 nitrogen and oxygen atoms in total. The molecule has 6 heteroatoms. The number of aromatic nitrogens is 2. The highest BCUT2D eigenvalue weighted by atomic mass is 19.4. The van der Waals surface area contributed by atoms with Gasteiger partial charge in [0.2, 0.25) is 0 Å². The van der Waals surface area contributed by atoms with E-state index in [9.17, 15) is 18.0 Å². The highest BCUT2D eigenvalue weighted by molar-refractivity contribution is 5.85. The third-order valence-electron chi connectivity index (χ3n) is 3.16. The predicted octanol–water partition coefficient (Wildman–Crippen LogP) is 3.61. The summed E-state index contributed by atoms with van der Waals surface area (Å²) in [6.07, 6.45) is -2.08. The molecule has 0 bridgehead atoms. The first-order valence-electron chi connectivity index (χ1n) is 6.10. The van der Waals surface area contributed by atoms with Crippen LogP contribution in [0.2, 0.25) is 0 Å². The molecule has 0 aliphatic heterocycles.